The van der Waals surface area contributed by atoms with Gasteiger partial charge >= 0.3 is 0 Å². The summed E-state index contributed by atoms with van der Waals surface area (Å²) in [7, 11) is 0. The largest absolute Gasteiger partial charge is 0.353 e. The molecule has 0 aliphatic carbocycles. The average Bonchev–Trinajstić information content (AvgIpc) is 2.11. The van der Waals surface area contributed by atoms with Crippen molar-refractivity contribution in [1.82, 2.24) is 5.32 Å². The molecule has 0 aromatic heterocycles. The van der Waals surface area contributed by atoms with Gasteiger partial charge in [0, 0.05) is 24.3 Å². The summed E-state index contributed by atoms with van der Waals surface area (Å²) in [6.45, 7) is 6.07. The molecule has 84 valence electrons. The predicted octanol–water partition coefficient (Wildman–Crippen LogP) is 1.37. The van der Waals surface area contributed by atoms with Crippen molar-refractivity contribution in [2.24, 2.45) is 5.73 Å². The van der Waals surface area contributed by atoms with Gasteiger partial charge in [0.05, 0.1) is 0 Å². The van der Waals surface area contributed by atoms with Gasteiger partial charge in [0.2, 0.25) is 5.91 Å². The third kappa shape index (κ3) is 8.38. The highest BCUT2D eigenvalue weighted by atomic mass is 32.2. The molecule has 3 N–H and O–H groups in total. The monoisotopic (exact) mass is 218 g/mol. The molecule has 1 amide bonds. The van der Waals surface area contributed by atoms with E-state index < -0.39 is 0 Å². The van der Waals surface area contributed by atoms with Gasteiger partial charge in [-0.25, -0.2) is 0 Å². The van der Waals surface area contributed by atoms with Gasteiger partial charge in [-0.05, 0) is 26.0 Å². The van der Waals surface area contributed by atoms with E-state index in [9.17, 15) is 4.79 Å². The van der Waals surface area contributed by atoms with E-state index in [0.29, 0.717) is 6.42 Å². The van der Waals surface area contributed by atoms with E-state index >= 15 is 0 Å². The van der Waals surface area contributed by atoms with Crippen molar-refractivity contribution in [3.8, 4) is 0 Å². The number of nitrogens with two attached hydrogens (primary N) is 1. The summed E-state index contributed by atoms with van der Waals surface area (Å²) in [6.07, 6.45) is 1.30. The van der Waals surface area contributed by atoms with Crippen LogP contribution in [0, 0.1) is 0 Å². The molecule has 0 saturated heterocycles. The number of rotatable bonds is 7. The van der Waals surface area contributed by atoms with Crippen molar-refractivity contribution in [2.75, 3.05) is 11.5 Å². The van der Waals surface area contributed by atoms with Crippen LogP contribution in [0.3, 0.4) is 0 Å². The molecule has 2 atom stereocenters. The molecule has 0 aromatic carbocycles. The van der Waals surface area contributed by atoms with Crippen molar-refractivity contribution in [1.29, 1.82) is 0 Å². The van der Waals surface area contributed by atoms with Crippen LogP contribution in [0.15, 0.2) is 0 Å². The van der Waals surface area contributed by atoms with E-state index in [1.165, 1.54) is 0 Å². The van der Waals surface area contributed by atoms with Crippen LogP contribution >= 0.6 is 11.8 Å². The van der Waals surface area contributed by atoms with Crippen molar-refractivity contribution >= 4 is 17.7 Å². The molecule has 0 bridgehead atoms. The van der Waals surface area contributed by atoms with Gasteiger partial charge in [-0.3, -0.25) is 4.79 Å². The van der Waals surface area contributed by atoms with Crippen molar-refractivity contribution in [3.63, 3.8) is 0 Å². The Bertz CT molecular complexity index is 162. The fourth-order valence-electron chi connectivity index (χ4n) is 1.04. The molecule has 0 saturated carbocycles. The summed E-state index contributed by atoms with van der Waals surface area (Å²) in [5.74, 6) is 2.20. The summed E-state index contributed by atoms with van der Waals surface area (Å²) < 4.78 is 0. The molecule has 0 heterocycles. The number of nitrogens with one attached hydrogen (secondary N) is 1. The second-order valence-electron chi connectivity index (χ2n) is 3.64. The van der Waals surface area contributed by atoms with Gasteiger partial charge in [-0.2, -0.15) is 11.8 Å². The van der Waals surface area contributed by atoms with Crippen LogP contribution in [-0.4, -0.2) is 29.5 Å². The molecule has 0 fully saturated rings. The second-order valence-corrected chi connectivity index (χ2v) is 4.96. The zero-order chi connectivity index (χ0) is 11.0. The summed E-state index contributed by atoms with van der Waals surface area (Å²) in [6, 6.07) is 0.376. The first-order valence-electron chi connectivity index (χ1n) is 5.19. The molecule has 2 unspecified atom stereocenters. The third-order valence-electron chi connectivity index (χ3n) is 1.81. The Kier molecular flexibility index (Phi) is 7.99. The molecule has 14 heavy (non-hydrogen) atoms. The van der Waals surface area contributed by atoms with Gasteiger partial charge in [-0.15, -0.1) is 0 Å². The zero-order valence-electron chi connectivity index (χ0n) is 9.38. The third-order valence-corrected chi connectivity index (χ3v) is 2.95. The maximum absolute atomic E-state index is 11.3. The average molecular weight is 218 g/mol. The van der Waals surface area contributed by atoms with Gasteiger partial charge in [0.1, 0.15) is 0 Å². The Labute approximate surface area is 91.2 Å². The highest BCUT2D eigenvalue weighted by Crippen LogP contribution is 2.02. The Morgan fingerprint density at radius 1 is 1.50 bits per heavy atom. The fraction of sp³-hybridized carbons (Fsp3) is 0.900. The first-order valence-corrected chi connectivity index (χ1v) is 6.34. The minimum Gasteiger partial charge on any atom is -0.353 e. The lowest BCUT2D eigenvalue weighted by Crippen LogP contribution is -2.35. The Balaban J connectivity index is 3.50. The van der Waals surface area contributed by atoms with E-state index in [1.54, 1.807) is 0 Å². The quantitative estimate of drug-likeness (QED) is 0.678. The van der Waals surface area contributed by atoms with Crippen LogP contribution in [0.4, 0.5) is 0 Å². The topological polar surface area (TPSA) is 55.1 Å². The maximum atomic E-state index is 11.3. The van der Waals surface area contributed by atoms with Gasteiger partial charge in [-0.1, -0.05) is 6.92 Å². The number of hydrogen-bond acceptors (Lipinski definition) is 3. The van der Waals surface area contributed by atoms with Crippen LogP contribution in [0.1, 0.15) is 33.6 Å². The molecule has 4 heteroatoms. The molecule has 0 aromatic rings. The van der Waals surface area contributed by atoms with Crippen LogP contribution in [0.2, 0.25) is 0 Å². The highest BCUT2D eigenvalue weighted by molar-refractivity contribution is 7.99. The number of thioether (sulfide) groups is 1. The molecule has 0 spiro atoms. The molecule has 3 nitrogen and oxygen atoms in total. The number of carbonyl (C=O) groups is 1. The maximum Gasteiger partial charge on any atom is 0.220 e. The SMILES string of the molecule is CCSCC(C)NC(=O)CCC(C)N. The van der Waals surface area contributed by atoms with Crippen molar-refractivity contribution < 1.29 is 4.79 Å². The number of carbonyl (C=O) groups excluding carboxylic acids is 1. The summed E-state index contributed by atoms with van der Waals surface area (Å²) in [5.41, 5.74) is 5.57. The van der Waals surface area contributed by atoms with Gasteiger partial charge in [0.25, 0.3) is 0 Å². The molecule has 0 aliphatic rings. The zero-order valence-corrected chi connectivity index (χ0v) is 10.2. The first kappa shape index (κ1) is 13.8. The Hall–Kier alpha value is -0.220. The van der Waals surface area contributed by atoms with E-state index in [1.807, 2.05) is 25.6 Å². The van der Waals surface area contributed by atoms with Gasteiger partial charge < -0.3 is 11.1 Å². The summed E-state index contributed by atoms with van der Waals surface area (Å²) in [4.78, 5) is 11.3. The second kappa shape index (κ2) is 8.12. The van der Waals surface area contributed by atoms with E-state index in [-0.39, 0.29) is 18.0 Å². The van der Waals surface area contributed by atoms with Crippen LogP contribution in [-0.2, 0) is 4.79 Å². The first-order chi connectivity index (χ1) is 6.56. The van der Waals surface area contributed by atoms with Crippen molar-refractivity contribution in [3.05, 3.63) is 0 Å². The Morgan fingerprint density at radius 2 is 2.14 bits per heavy atom. The van der Waals surface area contributed by atoms with E-state index in [0.717, 1.165) is 17.9 Å². The molecular weight excluding hydrogens is 196 g/mol. The van der Waals surface area contributed by atoms with Crippen LogP contribution in [0.5, 0.6) is 0 Å². The molecule has 0 aliphatic heterocycles. The number of amides is 1. The Morgan fingerprint density at radius 3 is 2.64 bits per heavy atom. The van der Waals surface area contributed by atoms with Crippen LogP contribution < -0.4 is 11.1 Å². The normalized spacial score (nSPS) is 14.9. The molecule has 0 rings (SSSR count). The predicted molar refractivity (Wildman–Crippen MR) is 63.5 cm³/mol. The minimum atomic E-state index is 0.112. The lowest BCUT2D eigenvalue weighted by atomic mass is 10.2. The van der Waals surface area contributed by atoms with E-state index in [2.05, 4.69) is 12.2 Å². The van der Waals surface area contributed by atoms with Gasteiger partial charge in [0.15, 0.2) is 0 Å². The lowest BCUT2D eigenvalue weighted by Gasteiger charge is -2.13. The molecular formula is C10H22N2OS. The smallest absolute Gasteiger partial charge is 0.220 e. The standard InChI is InChI=1S/C10H22N2OS/c1-4-14-7-9(3)12-10(13)6-5-8(2)11/h8-9H,4-7,11H2,1-3H3,(H,12,13). The van der Waals surface area contributed by atoms with Crippen molar-refractivity contribution in [2.45, 2.75) is 45.7 Å². The minimum absolute atomic E-state index is 0.112. The molecule has 0 radical (unpaired) electrons. The van der Waals surface area contributed by atoms with E-state index in [4.69, 9.17) is 5.73 Å². The summed E-state index contributed by atoms with van der Waals surface area (Å²) >= 11 is 1.84. The summed E-state index contributed by atoms with van der Waals surface area (Å²) in [5, 5.41) is 2.95. The highest BCUT2D eigenvalue weighted by Gasteiger charge is 2.07. The lowest BCUT2D eigenvalue weighted by molar-refractivity contribution is -0.121. The fourth-order valence-corrected chi connectivity index (χ4v) is 1.71. The van der Waals surface area contributed by atoms with Crippen LogP contribution in [0.25, 0.3) is 0 Å². The number of hydrogen-bond donors (Lipinski definition) is 2.